The van der Waals surface area contributed by atoms with Crippen molar-refractivity contribution in [2.24, 2.45) is 11.8 Å². The predicted octanol–water partition coefficient (Wildman–Crippen LogP) is 3.51. The summed E-state index contributed by atoms with van der Waals surface area (Å²) in [5, 5.41) is 6.81. The van der Waals surface area contributed by atoms with Gasteiger partial charge in [0.15, 0.2) is 0 Å². The monoisotopic (exact) mass is 312 g/mol. The summed E-state index contributed by atoms with van der Waals surface area (Å²) in [4.78, 5) is 0. The fraction of sp³-hybridized carbons (Fsp3) is 0.600. The Kier molecular flexibility index (Phi) is 6.33. The van der Waals surface area contributed by atoms with Gasteiger partial charge < -0.3 is 10.6 Å². The molecule has 1 aromatic carbocycles. The molecule has 2 unspecified atom stereocenters. The third-order valence-corrected chi connectivity index (χ3v) is 4.10. The van der Waals surface area contributed by atoms with Crippen molar-refractivity contribution in [3.05, 3.63) is 33.8 Å². The van der Waals surface area contributed by atoms with Gasteiger partial charge in [-0.05, 0) is 62.7 Å². The maximum Gasteiger partial charge on any atom is 0.0363 e. The van der Waals surface area contributed by atoms with Crippen molar-refractivity contribution in [3.63, 3.8) is 0 Å². The molecule has 1 rings (SSSR count). The highest BCUT2D eigenvalue weighted by molar-refractivity contribution is 9.10. The molecular formula is C15H25BrN2. The van der Waals surface area contributed by atoms with Crippen molar-refractivity contribution < 1.29 is 0 Å². The molecule has 0 saturated carbocycles. The van der Waals surface area contributed by atoms with Gasteiger partial charge in [0.2, 0.25) is 0 Å². The smallest absolute Gasteiger partial charge is 0.0363 e. The zero-order valence-corrected chi connectivity index (χ0v) is 13.6. The molecule has 0 fully saturated rings. The molecule has 102 valence electrons. The van der Waals surface area contributed by atoms with Crippen LogP contribution in [0.5, 0.6) is 0 Å². The summed E-state index contributed by atoms with van der Waals surface area (Å²) < 4.78 is 1.15. The molecule has 0 aromatic heterocycles. The Morgan fingerprint density at radius 3 is 2.39 bits per heavy atom. The molecule has 0 heterocycles. The van der Waals surface area contributed by atoms with Crippen LogP contribution in [0, 0.1) is 18.8 Å². The fourth-order valence-electron chi connectivity index (χ4n) is 2.52. The molecule has 0 spiro atoms. The quantitative estimate of drug-likeness (QED) is 0.840. The molecular weight excluding hydrogens is 288 g/mol. The standard InChI is InChI=1S/C15H25BrN2/c1-10(2)14(9-17-4)15(18-5)13-8-12(16)7-6-11(13)3/h6-8,10,14-15,17-18H,9H2,1-5H3. The first-order chi connectivity index (χ1) is 8.51. The van der Waals surface area contributed by atoms with Crippen LogP contribution in [0.3, 0.4) is 0 Å². The molecule has 2 nitrogen and oxygen atoms in total. The molecule has 18 heavy (non-hydrogen) atoms. The first-order valence-corrected chi connectivity index (χ1v) is 7.38. The van der Waals surface area contributed by atoms with Crippen LogP contribution < -0.4 is 10.6 Å². The van der Waals surface area contributed by atoms with E-state index in [1.165, 1.54) is 11.1 Å². The Morgan fingerprint density at radius 1 is 1.22 bits per heavy atom. The number of nitrogens with one attached hydrogen (secondary N) is 2. The Balaban J connectivity index is 3.10. The van der Waals surface area contributed by atoms with Crippen LogP contribution in [0.4, 0.5) is 0 Å². The van der Waals surface area contributed by atoms with Crippen molar-refractivity contribution in [1.29, 1.82) is 0 Å². The van der Waals surface area contributed by atoms with E-state index in [1.807, 2.05) is 7.05 Å². The number of hydrogen-bond acceptors (Lipinski definition) is 2. The molecule has 2 atom stereocenters. The SMILES string of the molecule is CNCC(C(C)C)C(NC)c1cc(Br)ccc1C. The van der Waals surface area contributed by atoms with E-state index in [2.05, 4.69) is 72.6 Å². The molecule has 2 N–H and O–H groups in total. The second-order valence-electron chi connectivity index (χ2n) is 5.23. The lowest BCUT2D eigenvalue weighted by molar-refractivity contribution is 0.284. The van der Waals surface area contributed by atoms with Gasteiger partial charge in [-0.1, -0.05) is 35.8 Å². The van der Waals surface area contributed by atoms with Crippen LogP contribution in [0.15, 0.2) is 22.7 Å². The molecule has 0 bridgehead atoms. The first-order valence-electron chi connectivity index (χ1n) is 6.59. The zero-order valence-electron chi connectivity index (χ0n) is 12.0. The predicted molar refractivity (Wildman–Crippen MR) is 82.9 cm³/mol. The normalized spacial score (nSPS) is 14.8. The van der Waals surface area contributed by atoms with E-state index >= 15 is 0 Å². The molecule has 1 aromatic rings. The second-order valence-corrected chi connectivity index (χ2v) is 6.15. The van der Waals surface area contributed by atoms with Gasteiger partial charge >= 0.3 is 0 Å². The summed E-state index contributed by atoms with van der Waals surface area (Å²) in [5.74, 6) is 1.21. The molecule has 0 amide bonds. The lowest BCUT2D eigenvalue weighted by Gasteiger charge is -2.31. The van der Waals surface area contributed by atoms with E-state index in [4.69, 9.17) is 0 Å². The van der Waals surface area contributed by atoms with Crippen LogP contribution in [-0.2, 0) is 0 Å². The fourth-order valence-corrected chi connectivity index (χ4v) is 2.90. The van der Waals surface area contributed by atoms with Crippen LogP contribution in [0.25, 0.3) is 0 Å². The van der Waals surface area contributed by atoms with Crippen molar-refractivity contribution in [2.45, 2.75) is 26.8 Å². The number of aryl methyl sites for hydroxylation is 1. The highest BCUT2D eigenvalue weighted by Gasteiger charge is 2.25. The zero-order chi connectivity index (χ0) is 13.7. The average Bonchev–Trinajstić information content (AvgIpc) is 2.33. The number of halogens is 1. The summed E-state index contributed by atoms with van der Waals surface area (Å²) >= 11 is 3.58. The lowest BCUT2D eigenvalue weighted by Crippen LogP contribution is -2.35. The van der Waals surface area contributed by atoms with Crippen molar-refractivity contribution in [1.82, 2.24) is 10.6 Å². The van der Waals surface area contributed by atoms with E-state index in [1.54, 1.807) is 0 Å². The van der Waals surface area contributed by atoms with Crippen molar-refractivity contribution in [2.75, 3.05) is 20.6 Å². The number of rotatable bonds is 6. The van der Waals surface area contributed by atoms with Crippen molar-refractivity contribution in [3.8, 4) is 0 Å². The first kappa shape index (κ1) is 15.7. The highest BCUT2D eigenvalue weighted by Crippen LogP contribution is 2.31. The minimum atomic E-state index is 0.384. The minimum absolute atomic E-state index is 0.384. The van der Waals surface area contributed by atoms with Crippen molar-refractivity contribution >= 4 is 15.9 Å². The number of hydrogen-bond donors (Lipinski definition) is 2. The van der Waals surface area contributed by atoms with Gasteiger partial charge in [0.25, 0.3) is 0 Å². The van der Waals surface area contributed by atoms with E-state index < -0.39 is 0 Å². The number of benzene rings is 1. The topological polar surface area (TPSA) is 24.1 Å². The molecule has 3 heteroatoms. The largest absolute Gasteiger partial charge is 0.319 e. The van der Waals surface area contributed by atoms with Gasteiger partial charge in [-0.25, -0.2) is 0 Å². The van der Waals surface area contributed by atoms with Gasteiger partial charge in [0, 0.05) is 10.5 Å². The van der Waals surface area contributed by atoms with E-state index in [0.717, 1.165) is 11.0 Å². The van der Waals surface area contributed by atoms with Gasteiger partial charge in [0.05, 0.1) is 0 Å². The van der Waals surface area contributed by atoms with Gasteiger partial charge in [-0.3, -0.25) is 0 Å². The Morgan fingerprint density at radius 2 is 1.89 bits per heavy atom. The lowest BCUT2D eigenvalue weighted by atomic mass is 9.83. The van der Waals surface area contributed by atoms with Gasteiger partial charge in [-0.2, -0.15) is 0 Å². The summed E-state index contributed by atoms with van der Waals surface area (Å²) in [6.07, 6.45) is 0. The average molecular weight is 313 g/mol. The van der Waals surface area contributed by atoms with Crippen LogP contribution >= 0.6 is 15.9 Å². The molecule has 0 radical (unpaired) electrons. The summed E-state index contributed by atoms with van der Waals surface area (Å²) in [5.41, 5.74) is 2.74. The third-order valence-electron chi connectivity index (χ3n) is 3.61. The highest BCUT2D eigenvalue weighted by atomic mass is 79.9. The van der Waals surface area contributed by atoms with E-state index in [-0.39, 0.29) is 0 Å². The second kappa shape index (κ2) is 7.27. The van der Waals surface area contributed by atoms with E-state index in [0.29, 0.717) is 17.9 Å². The summed E-state index contributed by atoms with van der Waals surface area (Å²) in [7, 11) is 4.08. The summed E-state index contributed by atoms with van der Waals surface area (Å²) in [6.45, 7) is 7.79. The van der Waals surface area contributed by atoms with Crippen LogP contribution in [0.1, 0.15) is 31.0 Å². The van der Waals surface area contributed by atoms with Gasteiger partial charge in [0.1, 0.15) is 0 Å². The Bertz CT molecular complexity index is 377. The summed E-state index contributed by atoms with van der Waals surface area (Å²) in [6, 6.07) is 6.91. The molecule has 0 aliphatic heterocycles. The molecule has 0 aliphatic carbocycles. The van der Waals surface area contributed by atoms with E-state index in [9.17, 15) is 0 Å². The van der Waals surface area contributed by atoms with Crippen LogP contribution in [-0.4, -0.2) is 20.6 Å². The maximum atomic E-state index is 3.58. The Hall–Kier alpha value is -0.380. The molecule has 0 aliphatic rings. The maximum absolute atomic E-state index is 3.58. The van der Waals surface area contributed by atoms with Gasteiger partial charge in [-0.15, -0.1) is 0 Å². The minimum Gasteiger partial charge on any atom is -0.319 e. The Labute approximate surface area is 120 Å². The van der Waals surface area contributed by atoms with Crippen LogP contribution in [0.2, 0.25) is 0 Å². The third kappa shape index (κ3) is 3.81. The molecule has 0 saturated heterocycles.